The Morgan fingerprint density at radius 1 is 0.956 bits per heavy atom. The van der Waals surface area contributed by atoms with E-state index in [-0.39, 0.29) is 68.3 Å². The lowest BCUT2D eigenvalue weighted by molar-refractivity contribution is -0.318. The first kappa shape index (κ1) is 58.0. The summed E-state index contributed by atoms with van der Waals surface area (Å²) in [6, 6.07) is 4.03. The van der Waals surface area contributed by atoms with Crippen molar-refractivity contribution in [2.24, 2.45) is 17.8 Å². The highest BCUT2D eigenvalue weighted by Crippen LogP contribution is 2.40. The van der Waals surface area contributed by atoms with Crippen molar-refractivity contribution in [2.45, 2.75) is 203 Å². The monoisotopic (exact) mass is 989 g/mol. The molecule has 1 aromatic carbocycles. The van der Waals surface area contributed by atoms with Gasteiger partial charge in [0.05, 0.1) is 46.4 Å². The van der Waals surface area contributed by atoms with E-state index in [1.807, 2.05) is 49.4 Å². The number of nitrogens with one attached hydrogen (secondary N) is 2. The lowest BCUT2D eigenvalue weighted by atomic mass is 9.77. The molecule has 19 nitrogen and oxygen atoms in total. The number of amides is 2. The molecular weight excluding hydrogens is 905 g/mol. The summed E-state index contributed by atoms with van der Waals surface area (Å²) < 4.78 is 65.6. The van der Waals surface area contributed by atoms with Gasteiger partial charge in [0.2, 0.25) is 0 Å². The van der Waals surface area contributed by atoms with Crippen molar-refractivity contribution in [1.29, 1.82) is 0 Å². The number of carbonyl (C=O) groups is 2. The summed E-state index contributed by atoms with van der Waals surface area (Å²) in [7, 11) is 1.06. The smallest absolute Gasteiger partial charge is 0.328 e. The number of cyclic esters (lactones) is 1. The van der Waals surface area contributed by atoms with E-state index in [9.17, 15) is 43.5 Å². The minimum absolute atomic E-state index is 0.0427. The number of nitrogens with zero attached hydrogens (tertiary/aromatic N) is 2. The first-order valence-corrected chi connectivity index (χ1v) is 25.6. The first-order chi connectivity index (χ1) is 31.5. The van der Waals surface area contributed by atoms with Gasteiger partial charge in [0.1, 0.15) is 30.0 Å². The number of urea groups is 1. The largest absolute Gasteiger partial charge is 0.459 e. The van der Waals surface area contributed by atoms with E-state index in [1.54, 1.807) is 60.6 Å². The highest BCUT2D eigenvalue weighted by molar-refractivity contribution is 7.90. The fraction of sp³-hybridized carbons (Fsp3) is 0.833. The van der Waals surface area contributed by atoms with Crippen LogP contribution in [0.1, 0.15) is 107 Å². The Labute approximate surface area is 404 Å². The molecule has 3 heterocycles. The third-order valence-electron chi connectivity index (χ3n) is 14.5. The minimum atomic E-state index is -4.13. The zero-order valence-electron chi connectivity index (χ0n) is 42.7. The fourth-order valence-corrected chi connectivity index (χ4v) is 11.2. The van der Waals surface area contributed by atoms with Crippen molar-refractivity contribution < 1.29 is 72.0 Å². The Kier molecular flexibility index (Phi) is 20.3. The molecule has 0 aromatic heterocycles. The number of hydrogen-bond donors (Lipinski definition) is 7. The molecule has 0 radical (unpaired) electrons. The predicted octanol–water partition coefficient (Wildman–Crippen LogP) is 2.66. The maximum Gasteiger partial charge on any atom is 0.328 e. The lowest BCUT2D eigenvalue weighted by Gasteiger charge is -2.48. The number of aliphatic hydroxyl groups is 5. The van der Waals surface area contributed by atoms with Gasteiger partial charge in [0.25, 0.3) is 10.0 Å². The van der Waals surface area contributed by atoms with Crippen molar-refractivity contribution in [3.63, 3.8) is 0 Å². The predicted molar refractivity (Wildman–Crippen MR) is 253 cm³/mol. The van der Waals surface area contributed by atoms with Gasteiger partial charge in [-0.25, -0.2) is 17.9 Å². The van der Waals surface area contributed by atoms with Crippen molar-refractivity contribution in [1.82, 2.24) is 19.8 Å². The van der Waals surface area contributed by atoms with Gasteiger partial charge < -0.3 is 64.2 Å². The van der Waals surface area contributed by atoms with Gasteiger partial charge in [-0.05, 0) is 113 Å². The molecule has 4 rings (SSSR count). The van der Waals surface area contributed by atoms with Crippen LogP contribution in [0.25, 0.3) is 0 Å². The highest BCUT2D eigenvalue weighted by atomic mass is 32.2. The lowest BCUT2D eigenvalue weighted by Crippen LogP contribution is -2.60. The minimum Gasteiger partial charge on any atom is -0.459 e. The van der Waals surface area contributed by atoms with Crippen LogP contribution in [-0.4, -0.2) is 187 Å². The van der Waals surface area contributed by atoms with Crippen molar-refractivity contribution in [3.05, 3.63) is 29.8 Å². The van der Waals surface area contributed by atoms with Gasteiger partial charge in [-0.3, -0.25) is 9.69 Å². The highest BCUT2D eigenvalue weighted by Gasteiger charge is 2.53. The summed E-state index contributed by atoms with van der Waals surface area (Å²) in [5, 5.41) is 62.4. The van der Waals surface area contributed by atoms with Gasteiger partial charge in [-0.15, -0.1) is 0 Å². The second kappa shape index (κ2) is 23.8. The average molecular weight is 989 g/mol. The van der Waals surface area contributed by atoms with E-state index in [1.165, 1.54) is 26.2 Å². The number of likely N-dealkylation sites (N-methyl/N-ethyl adjacent to an activating group) is 1. The third kappa shape index (κ3) is 14.1. The van der Waals surface area contributed by atoms with Crippen molar-refractivity contribution in [3.8, 4) is 0 Å². The van der Waals surface area contributed by atoms with Crippen molar-refractivity contribution in [2.75, 3.05) is 40.8 Å². The number of methoxy groups -OCH3 is 1. The Bertz CT molecular complexity index is 1890. The molecule has 3 aliphatic rings. The molecule has 20 heteroatoms. The summed E-state index contributed by atoms with van der Waals surface area (Å²) >= 11 is 0. The molecule has 3 aliphatic heterocycles. The maximum absolute atomic E-state index is 14.5. The maximum atomic E-state index is 14.5. The number of hydrogen-bond acceptors (Lipinski definition) is 17. The quantitative estimate of drug-likeness (QED) is 0.111. The zero-order chi connectivity index (χ0) is 51.3. The Hall–Kier alpha value is -2.57. The third-order valence-corrected chi connectivity index (χ3v) is 15.8. The van der Waals surface area contributed by atoms with Crippen LogP contribution in [-0.2, 0) is 43.2 Å². The van der Waals surface area contributed by atoms with E-state index in [0.29, 0.717) is 6.42 Å². The van der Waals surface area contributed by atoms with Crippen LogP contribution in [0.2, 0.25) is 0 Å². The summed E-state index contributed by atoms with van der Waals surface area (Å²) in [6.07, 6.45) is -9.31. The van der Waals surface area contributed by atoms with Gasteiger partial charge >= 0.3 is 12.0 Å². The SMILES string of the molecule is CC[C@H]1OC(=O)[C@@H](C)[C@@H](OC2C[C@](C)(OC)[C@H](O)[C@@H](C)O2)[C@@H](C)[C@@H](O[C@H]2O[C@@H](C)C[C@H](N(C)C)[C@@H]2O)[C@](C)(O)C[C@@H](C)CN(CCCNC(=O)NS(=O)(=O)c2ccc(C)cc2)[C@H](C)[C@@H](O)[C@]1(C)O. The number of rotatable bonds is 13. The number of benzene rings is 1. The molecular formula is C48H84N4O15S. The Morgan fingerprint density at radius 3 is 2.18 bits per heavy atom. The second-order valence-electron chi connectivity index (χ2n) is 20.7. The first-order valence-electron chi connectivity index (χ1n) is 24.1. The molecule has 2 amide bonds. The molecule has 18 atom stereocenters. The Morgan fingerprint density at radius 2 is 1.59 bits per heavy atom. The number of esters is 1. The topological polar surface area (TPSA) is 255 Å². The molecule has 0 saturated carbocycles. The molecule has 392 valence electrons. The van der Waals surface area contributed by atoms with Gasteiger partial charge in [-0.1, -0.05) is 38.5 Å². The number of ether oxygens (including phenoxy) is 6. The Balaban J connectivity index is 1.72. The molecule has 0 bridgehead atoms. The van der Waals surface area contributed by atoms with Crippen LogP contribution in [0.3, 0.4) is 0 Å². The van der Waals surface area contributed by atoms with Crippen LogP contribution >= 0.6 is 0 Å². The van der Waals surface area contributed by atoms with E-state index >= 15 is 0 Å². The zero-order valence-corrected chi connectivity index (χ0v) is 43.6. The normalized spacial score (nSPS) is 40.8. The molecule has 0 aliphatic carbocycles. The number of sulfonamides is 1. The van der Waals surface area contributed by atoms with Crippen molar-refractivity contribution >= 4 is 22.0 Å². The van der Waals surface area contributed by atoms with Gasteiger partial charge in [0.15, 0.2) is 12.6 Å². The van der Waals surface area contributed by atoms with Crippen LogP contribution < -0.4 is 10.0 Å². The number of carbonyl (C=O) groups excluding carboxylic acids is 2. The number of aryl methyl sites for hydroxylation is 1. The molecule has 7 N–H and O–H groups in total. The molecule has 1 unspecified atom stereocenters. The average Bonchev–Trinajstić information content (AvgIpc) is 3.25. The van der Waals surface area contributed by atoms with Gasteiger partial charge in [-0.2, -0.15) is 0 Å². The summed E-state index contributed by atoms with van der Waals surface area (Å²) in [5.74, 6) is -3.08. The van der Waals surface area contributed by atoms with Crippen LogP contribution in [0.4, 0.5) is 4.79 Å². The molecule has 3 saturated heterocycles. The summed E-state index contributed by atoms with van der Waals surface area (Å²) in [5.41, 5.74) is -3.93. The summed E-state index contributed by atoms with van der Waals surface area (Å²) in [6.45, 7) is 19.4. The van der Waals surface area contributed by atoms with E-state index < -0.39 is 112 Å². The summed E-state index contributed by atoms with van der Waals surface area (Å²) in [4.78, 5) is 31.1. The van der Waals surface area contributed by atoms with Crippen LogP contribution in [0, 0.1) is 24.7 Å². The molecule has 1 aromatic rings. The molecule has 68 heavy (non-hydrogen) atoms. The molecule has 3 fully saturated rings. The number of aliphatic hydroxyl groups excluding tert-OH is 3. The second-order valence-corrected chi connectivity index (χ2v) is 22.4. The van der Waals surface area contributed by atoms with Crippen LogP contribution in [0.15, 0.2) is 29.2 Å². The molecule has 0 spiro atoms. The fourth-order valence-electron chi connectivity index (χ4n) is 10.3. The van der Waals surface area contributed by atoms with Crippen LogP contribution in [0.5, 0.6) is 0 Å². The van der Waals surface area contributed by atoms with E-state index in [0.717, 1.165) is 5.56 Å². The van der Waals surface area contributed by atoms with Gasteiger partial charge in [0, 0.05) is 51.2 Å². The standard InChI is InChI=1S/C48H84N4O15S/c1-15-36-48(11,59)40(54)32(7)52(22-16-21-49-45(57)50-68(60,61)34-19-17-27(2)18-20-34)26-28(3)24-46(9,58)42(67-44-38(53)35(51(12)13)23-29(4)63-44)30(5)39(31(6)43(56)65-36)66-37-25-47(10,62-14)41(55)33(8)64-37/h17-20,28-33,35-42,44,53-55,58-59H,15-16,21-26H2,1-14H3,(H2,49,50,57)/t28-,29+,30-,31+,32-,33-,35+,36-,37?,38+,39+,40-,41-,42-,44-,46-,47+,48-/m1/s1. The van der Waals surface area contributed by atoms with E-state index in [4.69, 9.17) is 28.4 Å². The van der Waals surface area contributed by atoms with E-state index in [2.05, 4.69) is 5.32 Å².